The van der Waals surface area contributed by atoms with Gasteiger partial charge < -0.3 is 20.1 Å². The van der Waals surface area contributed by atoms with Gasteiger partial charge in [-0.25, -0.2) is 9.59 Å². The van der Waals surface area contributed by atoms with Crippen LogP contribution in [0.15, 0.2) is 48.5 Å². The molecule has 0 heterocycles. The third kappa shape index (κ3) is 3.76. The van der Waals surface area contributed by atoms with Crippen molar-refractivity contribution in [2.24, 2.45) is 5.92 Å². The van der Waals surface area contributed by atoms with Crippen LogP contribution in [-0.2, 0) is 14.3 Å². The molecule has 2 aliphatic carbocycles. The summed E-state index contributed by atoms with van der Waals surface area (Å²) in [6, 6.07) is 16.2. The Morgan fingerprint density at radius 2 is 1.65 bits per heavy atom. The van der Waals surface area contributed by atoms with Crippen molar-refractivity contribution in [3.05, 3.63) is 59.7 Å². The standard InChI is InChI=1S/C24H26N2O5/c1-15(21(27)26(2)24(11-12-24)22(28)29)13-25-23(30)31-14-20-18-9-5-3-7-16(18)17-8-4-6-10-19(17)20/h3-10,15,20H,11-14H2,1-2H3,(H,25,30)(H,28,29). The predicted molar refractivity (Wildman–Crippen MR) is 115 cm³/mol. The van der Waals surface area contributed by atoms with Crippen molar-refractivity contribution in [3.63, 3.8) is 0 Å². The summed E-state index contributed by atoms with van der Waals surface area (Å²) in [7, 11) is 1.51. The second-order valence-corrected chi connectivity index (χ2v) is 8.34. The number of alkyl carbamates (subject to hydrolysis) is 1. The van der Waals surface area contributed by atoms with E-state index in [0.29, 0.717) is 12.8 Å². The van der Waals surface area contributed by atoms with E-state index < -0.39 is 23.5 Å². The van der Waals surface area contributed by atoms with Crippen LogP contribution in [0.1, 0.15) is 36.8 Å². The number of nitrogens with one attached hydrogen (secondary N) is 1. The van der Waals surface area contributed by atoms with Crippen LogP contribution in [0.3, 0.4) is 0 Å². The van der Waals surface area contributed by atoms with Crippen LogP contribution in [0.4, 0.5) is 4.79 Å². The average molecular weight is 422 g/mol. The van der Waals surface area contributed by atoms with Gasteiger partial charge in [-0.1, -0.05) is 55.5 Å². The molecule has 2 N–H and O–H groups in total. The maximum Gasteiger partial charge on any atom is 0.407 e. The van der Waals surface area contributed by atoms with E-state index in [2.05, 4.69) is 17.4 Å². The maximum absolute atomic E-state index is 12.6. The van der Waals surface area contributed by atoms with E-state index in [0.717, 1.165) is 22.3 Å². The summed E-state index contributed by atoms with van der Waals surface area (Å²) >= 11 is 0. The number of likely N-dealkylation sites (N-methyl/N-ethyl adjacent to an activating group) is 1. The minimum atomic E-state index is -1.09. The molecular weight excluding hydrogens is 396 g/mol. The van der Waals surface area contributed by atoms with Crippen LogP contribution in [0.2, 0.25) is 0 Å². The molecule has 0 bridgehead atoms. The van der Waals surface area contributed by atoms with Crippen molar-refractivity contribution in [2.75, 3.05) is 20.2 Å². The van der Waals surface area contributed by atoms with Crippen LogP contribution in [0.25, 0.3) is 11.1 Å². The minimum absolute atomic E-state index is 0.0337. The van der Waals surface area contributed by atoms with Gasteiger partial charge in [0.05, 0.1) is 5.92 Å². The maximum atomic E-state index is 12.6. The number of nitrogens with zero attached hydrogens (tertiary/aromatic N) is 1. The van der Waals surface area contributed by atoms with Crippen molar-refractivity contribution in [1.82, 2.24) is 10.2 Å². The smallest absolute Gasteiger partial charge is 0.407 e. The van der Waals surface area contributed by atoms with Crippen molar-refractivity contribution in [3.8, 4) is 11.1 Å². The zero-order valence-corrected chi connectivity index (χ0v) is 17.6. The number of hydrogen-bond acceptors (Lipinski definition) is 4. The lowest BCUT2D eigenvalue weighted by molar-refractivity contribution is -0.152. The molecular formula is C24H26N2O5. The Hall–Kier alpha value is -3.35. The zero-order chi connectivity index (χ0) is 22.2. The molecule has 4 rings (SSSR count). The molecule has 7 heteroatoms. The Kier molecular flexibility index (Phi) is 5.43. The Morgan fingerprint density at radius 3 is 2.16 bits per heavy atom. The van der Waals surface area contributed by atoms with Crippen molar-refractivity contribution < 1.29 is 24.2 Å². The molecule has 2 aromatic rings. The number of carboxylic acid groups (broad SMARTS) is 1. The summed E-state index contributed by atoms with van der Waals surface area (Å²) in [6.45, 7) is 1.94. The molecule has 7 nitrogen and oxygen atoms in total. The van der Waals surface area contributed by atoms with Crippen LogP contribution >= 0.6 is 0 Å². The first-order valence-electron chi connectivity index (χ1n) is 10.4. The lowest BCUT2D eigenvalue weighted by Gasteiger charge is -2.27. The Labute approximate surface area is 181 Å². The van der Waals surface area contributed by atoms with Crippen LogP contribution in [0, 0.1) is 5.92 Å². The van der Waals surface area contributed by atoms with Crippen LogP contribution in [-0.4, -0.2) is 53.7 Å². The third-order valence-electron chi connectivity index (χ3n) is 6.41. The Balaban J connectivity index is 1.32. The SMILES string of the molecule is CC(CNC(=O)OCC1c2ccccc2-c2ccccc21)C(=O)N(C)C1(C(=O)O)CC1. The number of carboxylic acids is 1. The van der Waals surface area contributed by atoms with E-state index in [4.69, 9.17) is 4.74 Å². The van der Waals surface area contributed by atoms with E-state index in [1.165, 1.54) is 11.9 Å². The van der Waals surface area contributed by atoms with Gasteiger partial charge in [-0.3, -0.25) is 4.79 Å². The summed E-state index contributed by atoms with van der Waals surface area (Å²) in [4.78, 5) is 37.6. The van der Waals surface area contributed by atoms with E-state index in [-0.39, 0.29) is 25.0 Å². The number of fused-ring (bicyclic) bond motifs is 3. The zero-order valence-electron chi connectivity index (χ0n) is 17.6. The first-order chi connectivity index (χ1) is 14.8. The largest absolute Gasteiger partial charge is 0.479 e. The van der Waals surface area contributed by atoms with Crippen LogP contribution < -0.4 is 5.32 Å². The number of rotatable bonds is 7. The summed E-state index contributed by atoms with van der Waals surface area (Å²) in [5.74, 6) is -1.88. The van der Waals surface area contributed by atoms with Crippen molar-refractivity contribution in [2.45, 2.75) is 31.2 Å². The molecule has 162 valence electrons. The van der Waals surface area contributed by atoms with Crippen LogP contribution in [0.5, 0.6) is 0 Å². The van der Waals surface area contributed by atoms with Gasteiger partial charge in [-0.15, -0.1) is 0 Å². The molecule has 1 fully saturated rings. The molecule has 1 saturated carbocycles. The fourth-order valence-corrected chi connectivity index (χ4v) is 4.33. The van der Waals surface area contributed by atoms with Gasteiger partial charge in [0.1, 0.15) is 12.1 Å². The third-order valence-corrected chi connectivity index (χ3v) is 6.41. The van der Waals surface area contributed by atoms with E-state index >= 15 is 0 Å². The van der Waals surface area contributed by atoms with Gasteiger partial charge in [0.2, 0.25) is 5.91 Å². The van der Waals surface area contributed by atoms with Crippen molar-refractivity contribution in [1.29, 1.82) is 0 Å². The fourth-order valence-electron chi connectivity index (χ4n) is 4.33. The first-order valence-corrected chi connectivity index (χ1v) is 10.4. The molecule has 0 aliphatic heterocycles. The van der Waals surface area contributed by atoms with Gasteiger partial charge in [0, 0.05) is 19.5 Å². The van der Waals surface area contributed by atoms with Gasteiger partial charge in [-0.2, -0.15) is 0 Å². The minimum Gasteiger partial charge on any atom is -0.479 e. The quantitative estimate of drug-likeness (QED) is 0.714. The van der Waals surface area contributed by atoms with Gasteiger partial charge in [0.25, 0.3) is 0 Å². The van der Waals surface area contributed by atoms with E-state index in [1.807, 2.05) is 36.4 Å². The second kappa shape index (κ2) is 8.06. The number of aliphatic carboxylic acids is 1. The molecule has 2 aliphatic rings. The highest BCUT2D eigenvalue weighted by molar-refractivity contribution is 5.90. The molecule has 2 aromatic carbocycles. The Morgan fingerprint density at radius 1 is 1.10 bits per heavy atom. The fraction of sp³-hybridized carbons (Fsp3) is 0.375. The number of carbonyl (C=O) groups is 3. The summed E-state index contributed by atoms with van der Waals surface area (Å²) < 4.78 is 5.48. The predicted octanol–water partition coefficient (Wildman–Crippen LogP) is 3.24. The lowest BCUT2D eigenvalue weighted by atomic mass is 9.98. The average Bonchev–Trinajstić information content (AvgIpc) is 3.54. The summed E-state index contributed by atoms with van der Waals surface area (Å²) in [5, 5.41) is 12.0. The molecule has 0 saturated heterocycles. The van der Waals surface area contributed by atoms with E-state index in [9.17, 15) is 19.5 Å². The number of ether oxygens (including phenoxy) is 1. The van der Waals surface area contributed by atoms with Gasteiger partial charge in [-0.05, 0) is 35.1 Å². The highest BCUT2D eigenvalue weighted by Gasteiger charge is 2.55. The lowest BCUT2D eigenvalue weighted by Crippen LogP contribution is -2.48. The molecule has 0 aromatic heterocycles. The van der Waals surface area contributed by atoms with Crippen molar-refractivity contribution >= 4 is 18.0 Å². The summed E-state index contributed by atoms with van der Waals surface area (Å²) in [6.07, 6.45) is 0.317. The van der Waals surface area contributed by atoms with Gasteiger partial charge in [0.15, 0.2) is 0 Å². The highest BCUT2D eigenvalue weighted by Crippen LogP contribution is 2.44. The number of hydrogen-bond donors (Lipinski definition) is 2. The first kappa shape index (κ1) is 20.9. The highest BCUT2D eigenvalue weighted by atomic mass is 16.5. The number of benzene rings is 2. The molecule has 2 amide bonds. The molecule has 0 radical (unpaired) electrons. The number of amides is 2. The molecule has 31 heavy (non-hydrogen) atoms. The number of carbonyl (C=O) groups excluding carboxylic acids is 2. The van der Waals surface area contributed by atoms with E-state index in [1.54, 1.807) is 6.92 Å². The molecule has 1 atom stereocenters. The second-order valence-electron chi connectivity index (χ2n) is 8.34. The van der Waals surface area contributed by atoms with Gasteiger partial charge >= 0.3 is 12.1 Å². The normalized spacial score (nSPS) is 16.6. The summed E-state index contributed by atoms with van der Waals surface area (Å²) in [5.41, 5.74) is 3.48. The molecule has 1 unspecified atom stereocenters. The Bertz CT molecular complexity index is 985. The topological polar surface area (TPSA) is 95.9 Å². The molecule has 0 spiro atoms. The monoisotopic (exact) mass is 422 g/mol.